The van der Waals surface area contributed by atoms with Gasteiger partial charge in [0.1, 0.15) is 16.5 Å². The monoisotopic (exact) mass is 265 g/mol. The highest BCUT2D eigenvalue weighted by Gasteiger charge is 2.14. The molecule has 96 valence electrons. The second-order valence-corrected chi connectivity index (χ2v) is 4.83. The summed E-state index contributed by atoms with van der Waals surface area (Å²) in [6.07, 6.45) is 0. The van der Waals surface area contributed by atoms with E-state index in [1.165, 1.54) is 11.3 Å². The molecule has 0 spiro atoms. The van der Waals surface area contributed by atoms with Crippen molar-refractivity contribution in [3.05, 3.63) is 28.9 Å². The molecule has 0 radical (unpaired) electrons. The Morgan fingerprint density at radius 2 is 2.06 bits per heavy atom. The highest BCUT2D eigenvalue weighted by Crippen LogP contribution is 2.38. The number of benzene rings is 1. The van der Waals surface area contributed by atoms with Gasteiger partial charge in [0.05, 0.1) is 31.4 Å². The van der Waals surface area contributed by atoms with Gasteiger partial charge >= 0.3 is 0 Å². The standard InChI is InChI=1S/C13H15NO3S/c1-8-13(18-12(7-15)14-8)10-5-4-9(16-2)6-11(10)17-3/h4-6,15H,7H2,1-3H3. The van der Waals surface area contributed by atoms with E-state index < -0.39 is 0 Å². The number of thiazole rings is 1. The van der Waals surface area contributed by atoms with E-state index in [9.17, 15) is 0 Å². The van der Waals surface area contributed by atoms with Gasteiger partial charge in [-0.25, -0.2) is 4.98 Å². The molecule has 5 heteroatoms. The zero-order chi connectivity index (χ0) is 13.1. The average Bonchev–Trinajstić information content (AvgIpc) is 2.79. The quantitative estimate of drug-likeness (QED) is 0.923. The molecular weight excluding hydrogens is 250 g/mol. The van der Waals surface area contributed by atoms with E-state index in [4.69, 9.17) is 14.6 Å². The molecule has 4 nitrogen and oxygen atoms in total. The van der Waals surface area contributed by atoms with Crippen molar-refractivity contribution in [2.75, 3.05) is 14.2 Å². The van der Waals surface area contributed by atoms with Crippen molar-refractivity contribution in [1.29, 1.82) is 0 Å². The van der Waals surface area contributed by atoms with Crippen LogP contribution in [0.2, 0.25) is 0 Å². The fourth-order valence-corrected chi connectivity index (χ4v) is 2.71. The average molecular weight is 265 g/mol. The summed E-state index contributed by atoms with van der Waals surface area (Å²) < 4.78 is 10.5. The lowest BCUT2D eigenvalue weighted by atomic mass is 10.1. The van der Waals surface area contributed by atoms with Crippen LogP contribution >= 0.6 is 11.3 Å². The van der Waals surface area contributed by atoms with Gasteiger partial charge in [-0.05, 0) is 19.1 Å². The lowest BCUT2D eigenvalue weighted by Crippen LogP contribution is -1.90. The smallest absolute Gasteiger partial charge is 0.131 e. The van der Waals surface area contributed by atoms with E-state index >= 15 is 0 Å². The predicted octanol–water partition coefficient (Wildman–Crippen LogP) is 2.63. The van der Waals surface area contributed by atoms with Crippen molar-refractivity contribution in [3.8, 4) is 21.9 Å². The third-order valence-corrected chi connectivity index (χ3v) is 3.80. The first-order valence-electron chi connectivity index (χ1n) is 5.49. The number of hydrogen-bond acceptors (Lipinski definition) is 5. The second kappa shape index (κ2) is 5.37. The minimum absolute atomic E-state index is 0.0377. The first-order valence-corrected chi connectivity index (χ1v) is 6.30. The van der Waals surface area contributed by atoms with Crippen molar-refractivity contribution in [1.82, 2.24) is 4.98 Å². The largest absolute Gasteiger partial charge is 0.497 e. The van der Waals surface area contributed by atoms with Crippen LogP contribution < -0.4 is 9.47 Å². The molecule has 0 aliphatic carbocycles. The minimum atomic E-state index is -0.0377. The molecule has 2 aromatic rings. The Morgan fingerprint density at radius 3 is 2.61 bits per heavy atom. The molecular formula is C13H15NO3S. The molecule has 0 amide bonds. The molecule has 0 bridgehead atoms. The van der Waals surface area contributed by atoms with Gasteiger partial charge < -0.3 is 14.6 Å². The van der Waals surface area contributed by atoms with E-state index in [1.54, 1.807) is 14.2 Å². The Labute approximate surface area is 110 Å². The molecule has 0 atom stereocenters. The molecule has 0 saturated heterocycles. The highest BCUT2D eigenvalue weighted by atomic mass is 32.1. The zero-order valence-electron chi connectivity index (χ0n) is 10.6. The van der Waals surface area contributed by atoms with Crippen LogP contribution in [0.4, 0.5) is 0 Å². The van der Waals surface area contributed by atoms with Crippen molar-refractivity contribution in [2.45, 2.75) is 13.5 Å². The summed E-state index contributed by atoms with van der Waals surface area (Å²) in [5, 5.41) is 9.84. The summed E-state index contributed by atoms with van der Waals surface area (Å²) in [5.74, 6) is 1.49. The van der Waals surface area contributed by atoms with Gasteiger partial charge in [-0.2, -0.15) is 0 Å². The van der Waals surface area contributed by atoms with Crippen LogP contribution in [-0.2, 0) is 6.61 Å². The number of nitrogens with zero attached hydrogens (tertiary/aromatic N) is 1. The van der Waals surface area contributed by atoms with E-state index in [1.807, 2.05) is 25.1 Å². The summed E-state index contributed by atoms with van der Waals surface area (Å²) in [6.45, 7) is 1.89. The second-order valence-electron chi connectivity index (χ2n) is 3.75. The van der Waals surface area contributed by atoms with Crippen LogP contribution in [0.25, 0.3) is 10.4 Å². The molecule has 0 aliphatic rings. The van der Waals surface area contributed by atoms with Gasteiger partial charge in [0.25, 0.3) is 0 Å². The molecule has 1 N–H and O–H groups in total. The van der Waals surface area contributed by atoms with Gasteiger partial charge in [-0.1, -0.05) is 0 Å². The number of hydrogen-bond donors (Lipinski definition) is 1. The predicted molar refractivity (Wildman–Crippen MR) is 71.3 cm³/mol. The van der Waals surface area contributed by atoms with Gasteiger partial charge in [0, 0.05) is 11.6 Å². The third kappa shape index (κ3) is 2.32. The minimum Gasteiger partial charge on any atom is -0.497 e. The lowest BCUT2D eigenvalue weighted by Gasteiger charge is -2.09. The van der Waals surface area contributed by atoms with Gasteiger partial charge in [-0.3, -0.25) is 0 Å². The zero-order valence-corrected chi connectivity index (χ0v) is 11.4. The molecule has 0 aliphatic heterocycles. The molecule has 0 saturated carbocycles. The van der Waals surface area contributed by atoms with Crippen LogP contribution in [0.3, 0.4) is 0 Å². The first-order chi connectivity index (χ1) is 8.69. The molecule has 2 rings (SSSR count). The molecule has 1 aromatic carbocycles. The first kappa shape index (κ1) is 12.9. The number of aryl methyl sites for hydroxylation is 1. The Hall–Kier alpha value is -1.59. The summed E-state index contributed by atoms with van der Waals surface area (Å²) >= 11 is 1.47. The summed E-state index contributed by atoms with van der Waals surface area (Å²) in [4.78, 5) is 5.32. The van der Waals surface area contributed by atoms with Gasteiger partial charge in [0.2, 0.25) is 0 Å². The molecule has 18 heavy (non-hydrogen) atoms. The highest BCUT2D eigenvalue weighted by molar-refractivity contribution is 7.15. The molecule has 1 aromatic heterocycles. The fraction of sp³-hybridized carbons (Fsp3) is 0.308. The van der Waals surface area contributed by atoms with Crippen molar-refractivity contribution >= 4 is 11.3 Å². The van der Waals surface area contributed by atoms with Gasteiger partial charge in [-0.15, -0.1) is 11.3 Å². The van der Waals surface area contributed by atoms with E-state index in [2.05, 4.69) is 4.98 Å². The maximum Gasteiger partial charge on any atom is 0.131 e. The Morgan fingerprint density at radius 1 is 1.28 bits per heavy atom. The maximum absolute atomic E-state index is 9.13. The van der Waals surface area contributed by atoms with E-state index in [0.717, 1.165) is 27.6 Å². The molecule has 0 fully saturated rings. The van der Waals surface area contributed by atoms with Crippen LogP contribution in [0.1, 0.15) is 10.7 Å². The lowest BCUT2D eigenvalue weighted by molar-refractivity contribution is 0.281. The maximum atomic E-state index is 9.13. The van der Waals surface area contributed by atoms with Crippen LogP contribution in [-0.4, -0.2) is 24.3 Å². The number of ether oxygens (including phenoxy) is 2. The normalized spacial score (nSPS) is 10.4. The summed E-state index contributed by atoms with van der Waals surface area (Å²) in [5.41, 5.74) is 1.86. The number of methoxy groups -OCH3 is 2. The number of aliphatic hydroxyl groups excluding tert-OH is 1. The Balaban J connectivity index is 2.52. The fourth-order valence-electron chi connectivity index (χ4n) is 1.76. The van der Waals surface area contributed by atoms with Crippen molar-refractivity contribution in [2.24, 2.45) is 0 Å². The Bertz CT molecular complexity index is 551. The van der Waals surface area contributed by atoms with Crippen LogP contribution in [0.15, 0.2) is 18.2 Å². The SMILES string of the molecule is COc1ccc(-c2sc(CO)nc2C)c(OC)c1. The molecule has 1 heterocycles. The van der Waals surface area contributed by atoms with E-state index in [-0.39, 0.29) is 6.61 Å². The van der Waals surface area contributed by atoms with Gasteiger partial charge in [0.15, 0.2) is 0 Å². The number of aliphatic hydroxyl groups is 1. The topological polar surface area (TPSA) is 51.6 Å². The third-order valence-electron chi connectivity index (χ3n) is 2.63. The van der Waals surface area contributed by atoms with E-state index in [0.29, 0.717) is 5.01 Å². The number of rotatable bonds is 4. The van der Waals surface area contributed by atoms with Crippen LogP contribution in [0.5, 0.6) is 11.5 Å². The summed E-state index contributed by atoms with van der Waals surface area (Å²) in [7, 11) is 3.25. The van der Waals surface area contributed by atoms with Crippen molar-refractivity contribution in [3.63, 3.8) is 0 Å². The Kier molecular flexibility index (Phi) is 3.84. The molecule has 0 unspecified atom stereocenters. The number of aromatic nitrogens is 1. The van der Waals surface area contributed by atoms with Crippen LogP contribution in [0, 0.1) is 6.92 Å². The summed E-state index contributed by atoms with van der Waals surface area (Å²) in [6, 6.07) is 5.67. The van der Waals surface area contributed by atoms with Crippen molar-refractivity contribution < 1.29 is 14.6 Å².